The first-order valence-corrected chi connectivity index (χ1v) is 8.61. The van der Waals surface area contributed by atoms with Crippen LogP contribution in [0.1, 0.15) is 40.9 Å². The second kappa shape index (κ2) is 9.97. The Labute approximate surface area is 159 Å². The van der Waals surface area contributed by atoms with E-state index in [2.05, 4.69) is 10.3 Å². The largest absolute Gasteiger partial charge is 0.478 e. The van der Waals surface area contributed by atoms with Crippen LogP contribution < -0.4 is 16.6 Å². The molecule has 2 aromatic rings. The van der Waals surface area contributed by atoms with Gasteiger partial charge >= 0.3 is 22.9 Å². The molecule has 10 heteroatoms. The number of rotatable bonds is 4. The maximum atomic E-state index is 11.4. The van der Waals surface area contributed by atoms with Crippen LogP contribution in [-0.2, 0) is 0 Å². The molecule has 28 heavy (non-hydrogen) atoms. The van der Waals surface area contributed by atoms with Crippen molar-refractivity contribution >= 4 is 23.8 Å². The average molecular weight is 388 g/mol. The highest BCUT2D eigenvalue weighted by atomic mass is 16.6. The molecule has 0 spiro atoms. The summed E-state index contributed by atoms with van der Waals surface area (Å²) in [5.74, 6) is -1.08. The van der Waals surface area contributed by atoms with E-state index < -0.39 is 27.8 Å². The standard InChI is InChI=1S/C13H9N3O6.C5H11N/c17-11-10(16(21)22)9(14-13(20)15-11)6-3-7-1-4-8(5-2-7)12(18)19;1-2-4-6-5-3-1/h1-6H,(H,18,19)(H2,14,15,17,20);6H,1-5H2/b6-3+;. The monoisotopic (exact) mass is 388 g/mol. The molecule has 1 aromatic carbocycles. The fourth-order valence-corrected chi connectivity index (χ4v) is 2.52. The van der Waals surface area contributed by atoms with E-state index in [0.29, 0.717) is 5.56 Å². The van der Waals surface area contributed by atoms with Gasteiger partial charge in [0.1, 0.15) is 5.69 Å². The van der Waals surface area contributed by atoms with E-state index >= 15 is 0 Å². The number of aromatic nitrogens is 2. The summed E-state index contributed by atoms with van der Waals surface area (Å²) in [4.78, 5) is 47.2. The van der Waals surface area contributed by atoms with Crippen LogP contribution in [0.2, 0.25) is 0 Å². The molecule has 0 amide bonds. The average Bonchev–Trinajstić information content (AvgIpc) is 2.67. The van der Waals surface area contributed by atoms with Crippen molar-refractivity contribution in [2.45, 2.75) is 19.3 Å². The van der Waals surface area contributed by atoms with Crippen molar-refractivity contribution in [3.8, 4) is 0 Å². The van der Waals surface area contributed by atoms with Crippen molar-refractivity contribution in [1.29, 1.82) is 0 Å². The van der Waals surface area contributed by atoms with Gasteiger partial charge in [-0.1, -0.05) is 24.6 Å². The molecule has 1 aliphatic rings. The number of nitrogens with zero attached hydrogens (tertiary/aromatic N) is 1. The third-order valence-corrected chi connectivity index (χ3v) is 3.94. The summed E-state index contributed by atoms with van der Waals surface area (Å²) in [6, 6.07) is 5.68. The molecule has 0 atom stereocenters. The lowest BCUT2D eigenvalue weighted by Gasteiger charge is -2.08. The molecule has 3 rings (SSSR count). The van der Waals surface area contributed by atoms with E-state index in [1.807, 2.05) is 0 Å². The summed E-state index contributed by atoms with van der Waals surface area (Å²) < 4.78 is 0. The number of nitro groups is 1. The van der Waals surface area contributed by atoms with Crippen LogP contribution in [0.3, 0.4) is 0 Å². The summed E-state index contributed by atoms with van der Waals surface area (Å²) in [7, 11) is 0. The van der Waals surface area contributed by atoms with Gasteiger partial charge in [-0.25, -0.2) is 9.59 Å². The van der Waals surface area contributed by atoms with Crippen molar-refractivity contribution < 1.29 is 14.8 Å². The summed E-state index contributed by atoms with van der Waals surface area (Å²) in [6.07, 6.45) is 6.82. The van der Waals surface area contributed by atoms with E-state index in [4.69, 9.17) is 5.11 Å². The Morgan fingerprint density at radius 3 is 2.14 bits per heavy atom. The Morgan fingerprint density at radius 1 is 1.04 bits per heavy atom. The molecule has 1 aromatic heterocycles. The Balaban J connectivity index is 0.000000397. The molecule has 10 nitrogen and oxygen atoms in total. The topological polar surface area (TPSA) is 158 Å². The van der Waals surface area contributed by atoms with Crippen molar-refractivity contribution in [2.75, 3.05) is 13.1 Å². The summed E-state index contributed by atoms with van der Waals surface area (Å²) >= 11 is 0. The van der Waals surface area contributed by atoms with Crippen molar-refractivity contribution in [3.63, 3.8) is 0 Å². The zero-order chi connectivity index (χ0) is 20.5. The van der Waals surface area contributed by atoms with E-state index in [9.17, 15) is 24.5 Å². The second-order valence-electron chi connectivity index (χ2n) is 6.00. The maximum absolute atomic E-state index is 11.4. The number of piperidine rings is 1. The summed E-state index contributed by atoms with van der Waals surface area (Å²) in [5, 5.41) is 22.9. The number of aromatic amines is 2. The number of carboxylic acid groups (broad SMARTS) is 1. The van der Waals surface area contributed by atoms with Gasteiger partial charge in [-0.05, 0) is 49.7 Å². The zero-order valence-electron chi connectivity index (χ0n) is 14.9. The molecule has 0 bridgehead atoms. The van der Waals surface area contributed by atoms with Gasteiger partial charge in [0, 0.05) is 0 Å². The number of aromatic carboxylic acids is 1. The number of hydrogen-bond donors (Lipinski definition) is 4. The first-order valence-electron chi connectivity index (χ1n) is 8.61. The van der Waals surface area contributed by atoms with Crippen LogP contribution in [0.25, 0.3) is 12.2 Å². The summed E-state index contributed by atoms with van der Waals surface area (Å²) in [5.41, 5.74) is -2.36. The lowest BCUT2D eigenvalue weighted by molar-refractivity contribution is -0.386. The quantitative estimate of drug-likeness (QED) is 0.457. The predicted molar refractivity (Wildman–Crippen MR) is 103 cm³/mol. The number of H-pyrrole nitrogens is 2. The second-order valence-corrected chi connectivity index (χ2v) is 6.00. The van der Waals surface area contributed by atoms with Crippen molar-refractivity contribution in [2.24, 2.45) is 0 Å². The molecule has 1 fully saturated rings. The van der Waals surface area contributed by atoms with Gasteiger partial charge < -0.3 is 15.4 Å². The van der Waals surface area contributed by atoms with E-state index in [1.165, 1.54) is 68.8 Å². The van der Waals surface area contributed by atoms with Gasteiger partial charge in [-0.3, -0.25) is 19.9 Å². The van der Waals surface area contributed by atoms with Crippen LogP contribution in [0.15, 0.2) is 33.9 Å². The number of benzene rings is 1. The third-order valence-electron chi connectivity index (χ3n) is 3.94. The molecule has 148 valence electrons. The normalized spacial score (nSPS) is 13.6. The van der Waals surface area contributed by atoms with Crippen molar-refractivity contribution in [1.82, 2.24) is 15.3 Å². The van der Waals surface area contributed by atoms with Gasteiger partial charge in [-0.2, -0.15) is 0 Å². The first kappa shape index (κ1) is 20.8. The van der Waals surface area contributed by atoms with Crippen LogP contribution >= 0.6 is 0 Å². The Morgan fingerprint density at radius 2 is 1.68 bits per heavy atom. The van der Waals surface area contributed by atoms with Crippen LogP contribution in [0.4, 0.5) is 5.69 Å². The predicted octanol–water partition coefficient (Wildman–Crippen LogP) is 1.60. The van der Waals surface area contributed by atoms with Crippen LogP contribution in [0, 0.1) is 10.1 Å². The number of nitrogens with one attached hydrogen (secondary N) is 3. The fourth-order valence-electron chi connectivity index (χ4n) is 2.52. The van der Waals surface area contributed by atoms with Crippen LogP contribution in [-0.4, -0.2) is 39.1 Å². The molecular formula is C18H20N4O6. The Kier molecular flexibility index (Phi) is 7.40. The lowest BCUT2D eigenvalue weighted by Crippen LogP contribution is -2.25. The van der Waals surface area contributed by atoms with Gasteiger partial charge in [0.2, 0.25) is 0 Å². The maximum Gasteiger partial charge on any atom is 0.357 e. The highest BCUT2D eigenvalue weighted by molar-refractivity contribution is 5.88. The zero-order valence-corrected chi connectivity index (χ0v) is 14.9. The van der Waals surface area contributed by atoms with Gasteiger partial charge in [-0.15, -0.1) is 0 Å². The molecule has 0 aliphatic carbocycles. The molecule has 0 radical (unpaired) electrons. The highest BCUT2D eigenvalue weighted by Crippen LogP contribution is 2.13. The molecule has 0 saturated carbocycles. The molecule has 2 heterocycles. The molecule has 4 N–H and O–H groups in total. The number of carbonyl (C=O) groups is 1. The first-order chi connectivity index (χ1) is 13.4. The van der Waals surface area contributed by atoms with E-state index in [1.54, 1.807) is 4.98 Å². The summed E-state index contributed by atoms with van der Waals surface area (Å²) in [6.45, 7) is 2.50. The number of hydrogen-bond acceptors (Lipinski definition) is 6. The minimum Gasteiger partial charge on any atom is -0.478 e. The SMILES string of the molecule is C1CCNCC1.O=C(O)c1ccc(/C=C/c2[nH]c(=O)[nH]c(=O)c2[N+](=O)[O-])cc1. The van der Waals surface area contributed by atoms with Gasteiger partial charge in [0.25, 0.3) is 0 Å². The minimum atomic E-state index is -1.10. The smallest absolute Gasteiger partial charge is 0.357 e. The molecular weight excluding hydrogens is 368 g/mol. The Bertz CT molecular complexity index is 959. The lowest BCUT2D eigenvalue weighted by atomic mass is 10.1. The minimum absolute atomic E-state index is 0.0905. The third kappa shape index (κ3) is 6.02. The van der Waals surface area contributed by atoms with E-state index in [0.717, 1.165) is 0 Å². The fraction of sp³-hybridized carbons (Fsp3) is 0.278. The highest BCUT2D eigenvalue weighted by Gasteiger charge is 2.18. The number of carboxylic acids is 1. The van der Waals surface area contributed by atoms with Crippen LogP contribution in [0.5, 0.6) is 0 Å². The van der Waals surface area contributed by atoms with Gasteiger partial charge in [0.15, 0.2) is 0 Å². The van der Waals surface area contributed by atoms with Gasteiger partial charge in [0.05, 0.1) is 10.5 Å². The molecule has 1 aliphatic heterocycles. The molecule has 1 saturated heterocycles. The molecule has 0 unspecified atom stereocenters. The van der Waals surface area contributed by atoms with E-state index in [-0.39, 0.29) is 11.3 Å². The Hall–Kier alpha value is -3.53. The van der Waals surface area contributed by atoms with Crippen molar-refractivity contribution in [3.05, 3.63) is 72.0 Å².